The molecule has 98 valence electrons. The Kier molecular flexibility index (Phi) is 5.28. The van der Waals surface area contributed by atoms with Crippen LogP contribution >= 0.6 is 0 Å². The highest BCUT2D eigenvalue weighted by Gasteiger charge is 2.17. The van der Waals surface area contributed by atoms with Crippen LogP contribution in [-0.2, 0) is 11.2 Å². The van der Waals surface area contributed by atoms with Gasteiger partial charge in [0.25, 0.3) is 0 Å². The second-order valence-corrected chi connectivity index (χ2v) is 4.77. The first kappa shape index (κ1) is 13.2. The van der Waals surface area contributed by atoms with Gasteiger partial charge in [0, 0.05) is 6.42 Å². The quantitative estimate of drug-likeness (QED) is 0.796. The van der Waals surface area contributed by atoms with Crippen molar-refractivity contribution in [2.45, 2.75) is 38.6 Å². The van der Waals surface area contributed by atoms with E-state index in [0.29, 0.717) is 6.04 Å². The Bertz CT molecular complexity index is 372. The van der Waals surface area contributed by atoms with Crippen molar-refractivity contribution in [3.63, 3.8) is 0 Å². The van der Waals surface area contributed by atoms with Gasteiger partial charge in [-0.25, -0.2) is 0 Å². The van der Waals surface area contributed by atoms with Gasteiger partial charge >= 0.3 is 0 Å². The summed E-state index contributed by atoms with van der Waals surface area (Å²) in [5, 5.41) is 3.59. The number of hydrogen-bond donors (Lipinski definition) is 1. The van der Waals surface area contributed by atoms with Crippen molar-refractivity contribution in [3.05, 3.63) is 47.7 Å². The molecule has 0 bridgehead atoms. The number of benzene rings is 1. The highest BCUT2D eigenvalue weighted by molar-refractivity contribution is 5.16. The summed E-state index contributed by atoms with van der Waals surface area (Å²) in [5.74, 6) is 1.15. The Morgan fingerprint density at radius 1 is 1.28 bits per heavy atom. The predicted molar refractivity (Wildman–Crippen MR) is 75.5 cm³/mol. The molecule has 1 aromatic rings. The molecule has 2 heteroatoms. The van der Waals surface area contributed by atoms with Crippen LogP contribution in [0.5, 0.6) is 0 Å². The van der Waals surface area contributed by atoms with Crippen LogP contribution in [0.4, 0.5) is 0 Å². The molecule has 1 N–H and O–H groups in total. The highest BCUT2D eigenvalue weighted by Crippen LogP contribution is 2.17. The molecule has 1 atom stereocenters. The van der Waals surface area contributed by atoms with E-state index in [1.807, 2.05) is 0 Å². The van der Waals surface area contributed by atoms with E-state index in [4.69, 9.17) is 4.74 Å². The Balaban J connectivity index is 1.88. The maximum atomic E-state index is 5.70. The van der Waals surface area contributed by atoms with E-state index < -0.39 is 0 Å². The van der Waals surface area contributed by atoms with Gasteiger partial charge in [-0.15, -0.1) is 0 Å². The third-order valence-corrected chi connectivity index (χ3v) is 3.28. The lowest BCUT2D eigenvalue weighted by Crippen LogP contribution is -2.32. The van der Waals surface area contributed by atoms with Crippen molar-refractivity contribution in [2.75, 3.05) is 13.2 Å². The lowest BCUT2D eigenvalue weighted by atomic mass is 10.0. The number of ether oxygens (including phenoxy) is 1. The van der Waals surface area contributed by atoms with E-state index in [0.717, 1.165) is 44.6 Å². The molecule has 0 saturated carbocycles. The average molecular weight is 245 g/mol. The lowest BCUT2D eigenvalue weighted by Gasteiger charge is -2.19. The van der Waals surface area contributed by atoms with Crippen LogP contribution in [0.3, 0.4) is 0 Å². The number of aryl methyl sites for hydroxylation is 1. The standard InChI is InChI=1S/C16H23NO/c1-2-12-17-15(16-9-6-13-18-16)11-10-14-7-4-3-5-8-14/h3-5,7-9,15,17H,2,6,10-13H2,1H3. The van der Waals surface area contributed by atoms with Gasteiger partial charge in [-0.05, 0) is 37.4 Å². The zero-order chi connectivity index (χ0) is 12.6. The normalized spacial score (nSPS) is 16.2. The summed E-state index contributed by atoms with van der Waals surface area (Å²) in [5.41, 5.74) is 1.40. The van der Waals surface area contributed by atoms with Gasteiger partial charge in [0.15, 0.2) is 0 Å². The van der Waals surface area contributed by atoms with Crippen LogP contribution in [0.1, 0.15) is 31.7 Å². The Labute approximate surface area is 110 Å². The maximum Gasteiger partial charge on any atom is 0.109 e. The molecule has 1 aromatic carbocycles. The molecular formula is C16H23NO. The minimum atomic E-state index is 0.382. The van der Waals surface area contributed by atoms with Crippen molar-refractivity contribution in [2.24, 2.45) is 0 Å². The summed E-state index contributed by atoms with van der Waals surface area (Å²) >= 11 is 0. The van der Waals surface area contributed by atoms with E-state index in [1.54, 1.807) is 0 Å². The maximum absolute atomic E-state index is 5.70. The summed E-state index contributed by atoms with van der Waals surface area (Å²) in [4.78, 5) is 0. The third-order valence-electron chi connectivity index (χ3n) is 3.28. The van der Waals surface area contributed by atoms with Crippen LogP contribution < -0.4 is 5.32 Å². The van der Waals surface area contributed by atoms with Crippen molar-refractivity contribution < 1.29 is 4.74 Å². The second-order valence-electron chi connectivity index (χ2n) is 4.77. The van der Waals surface area contributed by atoms with Crippen molar-refractivity contribution >= 4 is 0 Å². The van der Waals surface area contributed by atoms with E-state index in [-0.39, 0.29) is 0 Å². The fourth-order valence-corrected chi connectivity index (χ4v) is 2.30. The molecule has 1 unspecified atom stereocenters. The van der Waals surface area contributed by atoms with Gasteiger partial charge in [0.05, 0.1) is 12.6 Å². The van der Waals surface area contributed by atoms with Crippen LogP contribution in [0.15, 0.2) is 42.2 Å². The zero-order valence-corrected chi connectivity index (χ0v) is 11.2. The van der Waals surface area contributed by atoms with Crippen LogP contribution in [0.25, 0.3) is 0 Å². The molecule has 0 spiro atoms. The van der Waals surface area contributed by atoms with E-state index in [2.05, 4.69) is 48.6 Å². The molecule has 1 aliphatic rings. The summed E-state index contributed by atoms with van der Waals surface area (Å²) in [7, 11) is 0. The molecule has 0 fully saturated rings. The average Bonchev–Trinajstić information content (AvgIpc) is 2.94. The highest BCUT2D eigenvalue weighted by atomic mass is 16.5. The molecule has 0 aromatic heterocycles. The predicted octanol–water partition coefficient (Wildman–Crippen LogP) is 3.29. The molecule has 0 radical (unpaired) electrons. The van der Waals surface area contributed by atoms with E-state index in [1.165, 1.54) is 5.56 Å². The minimum absolute atomic E-state index is 0.382. The van der Waals surface area contributed by atoms with Crippen LogP contribution in [0.2, 0.25) is 0 Å². The summed E-state index contributed by atoms with van der Waals surface area (Å²) in [6, 6.07) is 11.1. The van der Waals surface area contributed by atoms with Crippen molar-refractivity contribution in [1.29, 1.82) is 0 Å². The SMILES string of the molecule is CCCNC(CCc1ccccc1)C1=CCCO1. The Morgan fingerprint density at radius 3 is 2.78 bits per heavy atom. The van der Waals surface area contributed by atoms with Gasteiger partial charge in [0.1, 0.15) is 5.76 Å². The molecule has 0 aliphatic carbocycles. The first-order chi connectivity index (χ1) is 8.90. The monoisotopic (exact) mass is 245 g/mol. The lowest BCUT2D eigenvalue weighted by molar-refractivity contribution is 0.211. The van der Waals surface area contributed by atoms with Crippen LogP contribution in [0, 0.1) is 0 Å². The molecule has 0 saturated heterocycles. The molecule has 1 heterocycles. The van der Waals surface area contributed by atoms with E-state index in [9.17, 15) is 0 Å². The largest absolute Gasteiger partial charge is 0.496 e. The molecule has 1 aliphatic heterocycles. The summed E-state index contributed by atoms with van der Waals surface area (Å²) in [6.07, 6.45) is 6.66. The topological polar surface area (TPSA) is 21.3 Å². The van der Waals surface area contributed by atoms with Crippen LogP contribution in [-0.4, -0.2) is 19.2 Å². The molecule has 2 rings (SSSR count). The number of rotatable bonds is 7. The zero-order valence-electron chi connectivity index (χ0n) is 11.2. The molecule has 18 heavy (non-hydrogen) atoms. The Morgan fingerprint density at radius 2 is 2.11 bits per heavy atom. The summed E-state index contributed by atoms with van der Waals surface area (Å²) in [6.45, 7) is 4.11. The first-order valence-electron chi connectivity index (χ1n) is 7.00. The number of nitrogens with one attached hydrogen (secondary N) is 1. The minimum Gasteiger partial charge on any atom is -0.496 e. The second kappa shape index (κ2) is 7.22. The molecule has 2 nitrogen and oxygen atoms in total. The van der Waals surface area contributed by atoms with Gasteiger partial charge in [-0.3, -0.25) is 0 Å². The molecular weight excluding hydrogens is 222 g/mol. The smallest absolute Gasteiger partial charge is 0.109 e. The molecule has 0 amide bonds. The van der Waals surface area contributed by atoms with Gasteiger partial charge < -0.3 is 10.1 Å². The van der Waals surface area contributed by atoms with Gasteiger partial charge in [-0.2, -0.15) is 0 Å². The Hall–Kier alpha value is -1.28. The summed E-state index contributed by atoms with van der Waals surface area (Å²) < 4.78 is 5.70. The first-order valence-corrected chi connectivity index (χ1v) is 7.00. The number of hydrogen-bond acceptors (Lipinski definition) is 2. The fourth-order valence-electron chi connectivity index (χ4n) is 2.30. The third kappa shape index (κ3) is 3.88. The van der Waals surface area contributed by atoms with Gasteiger partial charge in [0.2, 0.25) is 0 Å². The van der Waals surface area contributed by atoms with Crippen molar-refractivity contribution in [1.82, 2.24) is 5.32 Å². The van der Waals surface area contributed by atoms with E-state index >= 15 is 0 Å². The van der Waals surface area contributed by atoms with Crippen molar-refractivity contribution in [3.8, 4) is 0 Å². The fraction of sp³-hybridized carbons (Fsp3) is 0.500. The van der Waals surface area contributed by atoms with Gasteiger partial charge in [-0.1, -0.05) is 37.3 Å².